The SMILES string of the molecule is Cc1cccc(N(C)S(=O)(=O)Cc2ccc(CN)cc2)c1. The fourth-order valence-electron chi connectivity index (χ4n) is 2.06. The van der Waals surface area contributed by atoms with E-state index >= 15 is 0 Å². The second kappa shape index (κ2) is 6.28. The zero-order valence-corrected chi connectivity index (χ0v) is 13.1. The van der Waals surface area contributed by atoms with Gasteiger partial charge in [-0.3, -0.25) is 4.31 Å². The molecule has 0 unspecified atom stereocenters. The molecule has 112 valence electrons. The Balaban J connectivity index is 2.20. The molecule has 0 amide bonds. The van der Waals surface area contributed by atoms with Crippen LogP contribution < -0.4 is 10.0 Å². The van der Waals surface area contributed by atoms with Crippen molar-refractivity contribution in [3.05, 3.63) is 65.2 Å². The molecular formula is C16H20N2O2S. The highest BCUT2D eigenvalue weighted by Crippen LogP contribution is 2.20. The highest BCUT2D eigenvalue weighted by molar-refractivity contribution is 7.92. The smallest absolute Gasteiger partial charge is 0.239 e. The Labute approximate surface area is 126 Å². The Hall–Kier alpha value is -1.85. The predicted molar refractivity (Wildman–Crippen MR) is 86.5 cm³/mol. The lowest BCUT2D eigenvalue weighted by atomic mass is 10.1. The molecule has 0 aliphatic carbocycles. The molecule has 0 heterocycles. The molecule has 0 fully saturated rings. The number of sulfonamides is 1. The van der Waals surface area contributed by atoms with E-state index in [1.807, 2.05) is 49.4 Å². The molecule has 2 rings (SSSR count). The van der Waals surface area contributed by atoms with E-state index in [0.29, 0.717) is 12.2 Å². The molecule has 21 heavy (non-hydrogen) atoms. The normalized spacial score (nSPS) is 11.4. The van der Waals surface area contributed by atoms with Gasteiger partial charge in [0.25, 0.3) is 0 Å². The summed E-state index contributed by atoms with van der Waals surface area (Å²) < 4.78 is 26.3. The Morgan fingerprint density at radius 1 is 1.05 bits per heavy atom. The molecule has 0 aliphatic rings. The molecule has 2 N–H and O–H groups in total. The fourth-order valence-corrected chi connectivity index (χ4v) is 3.31. The molecule has 0 radical (unpaired) electrons. The third-order valence-electron chi connectivity index (χ3n) is 3.39. The summed E-state index contributed by atoms with van der Waals surface area (Å²) in [5.41, 5.74) is 8.99. The molecule has 0 saturated carbocycles. The van der Waals surface area contributed by atoms with Crippen LogP contribution in [-0.2, 0) is 22.3 Å². The molecule has 0 saturated heterocycles. The van der Waals surface area contributed by atoms with Gasteiger partial charge in [-0.1, -0.05) is 36.4 Å². The van der Waals surface area contributed by atoms with Gasteiger partial charge in [-0.2, -0.15) is 0 Å². The van der Waals surface area contributed by atoms with Gasteiger partial charge in [0.1, 0.15) is 0 Å². The minimum atomic E-state index is -3.40. The number of nitrogens with two attached hydrogens (primary N) is 1. The summed E-state index contributed by atoms with van der Waals surface area (Å²) in [4.78, 5) is 0. The average Bonchev–Trinajstić information content (AvgIpc) is 2.47. The fraction of sp³-hybridized carbons (Fsp3) is 0.250. The minimum absolute atomic E-state index is 0.0255. The topological polar surface area (TPSA) is 63.4 Å². The molecule has 2 aromatic rings. The molecule has 0 aliphatic heterocycles. The van der Waals surface area contributed by atoms with Crippen LogP contribution in [0.2, 0.25) is 0 Å². The van der Waals surface area contributed by atoms with Gasteiger partial charge in [-0.25, -0.2) is 8.42 Å². The van der Waals surface area contributed by atoms with Crippen LogP contribution in [0, 0.1) is 6.92 Å². The van der Waals surface area contributed by atoms with Crippen molar-refractivity contribution in [2.24, 2.45) is 5.73 Å². The quantitative estimate of drug-likeness (QED) is 0.922. The van der Waals surface area contributed by atoms with Gasteiger partial charge in [-0.05, 0) is 35.7 Å². The first-order chi connectivity index (χ1) is 9.92. The lowest BCUT2D eigenvalue weighted by Crippen LogP contribution is -2.27. The number of nitrogens with zero attached hydrogens (tertiary/aromatic N) is 1. The van der Waals surface area contributed by atoms with Gasteiger partial charge in [0.05, 0.1) is 11.4 Å². The highest BCUT2D eigenvalue weighted by Gasteiger charge is 2.19. The summed E-state index contributed by atoms with van der Waals surface area (Å²) in [6.07, 6.45) is 0. The first-order valence-corrected chi connectivity index (χ1v) is 8.34. The number of anilines is 1. The van der Waals surface area contributed by atoms with E-state index in [2.05, 4.69) is 0 Å². The van der Waals surface area contributed by atoms with Crippen LogP contribution in [0.4, 0.5) is 5.69 Å². The number of benzene rings is 2. The van der Waals surface area contributed by atoms with Gasteiger partial charge in [-0.15, -0.1) is 0 Å². The Morgan fingerprint density at radius 3 is 2.24 bits per heavy atom. The average molecular weight is 304 g/mol. The van der Waals surface area contributed by atoms with E-state index in [4.69, 9.17) is 5.73 Å². The largest absolute Gasteiger partial charge is 0.326 e. The summed E-state index contributed by atoms with van der Waals surface area (Å²) in [5.74, 6) is -0.0255. The molecule has 2 aromatic carbocycles. The van der Waals surface area contributed by atoms with E-state index in [1.165, 1.54) is 4.31 Å². The predicted octanol–water partition coefficient (Wildman–Crippen LogP) is 2.42. The summed E-state index contributed by atoms with van der Waals surface area (Å²) in [6.45, 7) is 2.39. The summed E-state index contributed by atoms with van der Waals surface area (Å²) in [7, 11) is -1.82. The van der Waals surface area contributed by atoms with E-state index in [1.54, 1.807) is 13.1 Å². The molecule has 0 aromatic heterocycles. The Morgan fingerprint density at radius 2 is 1.67 bits per heavy atom. The van der Waals surface area contributed by atoms with E-state index in [9.17, 15) is 8.42 Å². The second-order valence-corrected chi connectivity index (χ2v) is 7.08. The maximum Gasteiger partial charge on any atom is 0.239 e. The molecular weight excluding hydrogens is 284 g/mol. The van der Waals surface area contributed by atoms with E-state index in [0.717, 1.165) is 16.7 Å². The summed E-state index contributed by atoms with van der Waals surface area (Å²) >= 11 is 0. The van der Waals surface area contributed by atoms with Crippen LogP contribution in [0.15, 0.2) is 48.5 Å². The number of aryl methyl sites for hydroxylation is 1. The number of hydrogen-bond donors (Lipinski definition) is 1. The van der Waals surface area contributed by atoms with Crippen molar-refractivity contribution in [3.63, 3.8) is 0 Å². The van der Waals surface area contributed by atoms with Gasteiger partial charge in [0.15, 0.2) is 0 Å². The second-order valence-electron chi connectivity index (χ2n) is 5.08. The van der Waals surface area contributed by atoms with E-state index in [-0.39, 0.29) is 5.75 Å². The van der Waals surface area contributed by atoms with Crippen molar-refractivity contribution < 1.29 is 8.42 Å². The van der Waals surface area contributed by atoms with Gasteiger partial charge >= 0.3 is 0 Å². The Bertz CT molecular complexity index is 709. The number of hydrogen-bond acceptors (Lipinski definition) is 3. The van der Waals surface area contributed by atoms with Crippen LogP contribution >= 0.6 is 0 Å². The van der Waals surface area contributed by atoms with Crippen molar-refractivity contribution in [1.82, 2.24) is 0 Å². The maximum atomic E-state index is 12.5. The third kappa shape index (κ3) is 3.83. The van der Waals surface area contributed by atoms with Crippen LogP contribution in [0.25, 0.3) is 0 Å². The zero-order valence-electron chi connectivity index (χ0n) is 12.3. The molecule has 4 nitrogen and oxygen atoms in total. The van der Waals surface area contributed by atoms with Crippen molar-refractivity contribution in [2.45, 2.75) is 19.2 Å². The summed E-state index contributed by atoms with van der Waals surface area (Å²) in [5, 5.41) is 0. The van der Waals surface area contributed by atoms with Gasteiger partial charge in [0.2, 0.25) is 10.0 Å². The van der Waals surface area contributed by atoms with Crippen LogP contribution in [0.5, 0.6) is 0 Å². The van der Waals surface area contributed by atoms with E-state index < -0.39 is 10.0 Å². The highest BCUT2D eigenvalue weighted by atomic mass is 32.2. The minimum Gasteiger partial charge on any atom is -0.326 e. The molecule has 0 bridgehead atoms. The standard InChI is InChI=1S/C16H20N2O2S/c1-13-4-3-5-16(10-13)18(2)21(19,20)12-15-8-6-14(11-17)7-9-15/h3-10H,11-12,17H2,1-2H3. The van der Waals surface area contributed by atoms with Crippen LogP contribution in [0.3, 0.4) is 0 Å². The van der Waals surface area contributed by atoms with Crippen molar-refractivity contribution >= 4 is 15.7 Å². The van der Waals surface area contributed by atoms with Crippen molar-refractivity contribution in [3.8, 4) is 0 Å². The van der Waals surface area contributed by atoms with Gasteiger partial charge < -0.3 is 5.73 Å². The Kier molecular flexibility index (Phi) is 4.65. The molecule has 5 heteroatoms. The lowest BCUT2D eigenvalue weighted by molar-refractivity contribution is 0.593. The molecule has 0 spiro atoms. The number of rotatable bonds is 5. The van der Waals surface area contributed by atoms with Crippen LogP contribution in [-0.4, -0.2) is 15.5 Å². The third-order valence-corrected chi connectivity index (χ3v) is 5.13. The monoisotopic (exact) mass is 304 g/mol. The first-order valence-electron chi connectivity index (χ1n) is 6.73. The molecule has 0 atom stereocenters. The van der Waals surface area contributed by atoms with Crippen LogP contribution in [0.1, 0.15) is 16.7 Å². The summed E-state index contributed by atoms with van der Waals surface area (Å²) in [6, 6.07) is 14.8. The maximum absolute atomic E-state index is 12.5. The lowest BCUT2D eigenvalue weighted by Gasteiger charge is -2.20. The van der Waals surface area contributed by atoms with Crippen molar-refractivity contribution in [2.75, 3.05) is 11.4 Å². The van der Waals surface area contributed by atoms with Gasteiger partial charge in [0, 0.05) is 13.6 Å². The first kappa shape index (κ1) is 15.5. The van der Waals surface area contributed by atoms with Crippen molar-refractivity contribution in [1.29, 1.82) is 0 Å². The zero-order chi connectivity index (χ0) is 15.5.